The predicted molar refractivity (Wildman–Crippen MR) is 108 cm³/mol. The molecule has 0 aliphatic rings. The molecule has 0 aliphatic heterocycles. The van der Waals surface area contributed by atoms with Gasteiger partial charge < -0.3 is 9.72 Å². The van der Waals surface area contributed by atoms with Crippen molar-refractivity contribution >= 4 is 38.5 Å². The Labute approximate surface area is 155 Å². The van der Waals surface area contributed by atoms with Crippen molar-refractivity contribution in [3.8, 4) is 11.4 Å². The van der Waals surface area contributed by atoms with Crippen LogP contribution in [0.15, 0.2) is 72.8 Å². The average molecular weight is 352 g/mol. The van der Waals surface area contributed by atoms with Crippen LogP contribution < -0.4 is 0 Å². The summed E-state index contributed by atoms with van der Waals surface area (Å²) in [6.45, 7) is 0. The monoisotopic (exact) mass is 352 g/mol. The van der Waals surface area contributed by atoms with Gasteiger partial charge in [0.05, 0.1) is 23.7 Å². The maximum absolute atomic E-state index is 11.8. The molecule has 0 atom stereocenters. The van der Waals surface area contributed by atoms with Gasteiger partial charge in [0.2, 0.25) is 0 Å². The topological polar surface area (TPSA) is 55.0 Å². The van der Waals surface area contributed by atoms with Crippen molar-refractivity contribution in [2.24, 2.45) is 0 Å². The molecule has 1 aromatic heterocycles. The number of aromatic amines is 1. The van der Waals surface area contributed by atoms with E-state index in [-0.39, 0.29) is 5.97 Å². The van der Waals surface area contributed by atoms with Crippen molar-refractivity contribution in [3.63, 3.8) is 0 Å². The van der Waals surface area contributed by atoms with E-state index in [9.17, 15) is 4.79 Å². The molecule has 1 N–H and O–H groups in total. The molecule has 1 heterocycles. The first-order valence-corrected chi connectivity index (χ1v) is 8.73. The summed E-state index contributed by atoms with van der Waals surface area (Å²) < 4.78 is 4.80. The number of rotatable bonds is 2. The summed E-state index contributed by atoms with van der Waals surface area (Å²) in [5.41, 5.74) is 3.17. The number of carbonyl (C=O) groups is 1. The number of nitrogens with one attached hydrogen (secondary N) is 1. The first kappa shape index (κ1) is 15.6. The minimum Gasteiger partial charge on any atom is -0.465 e. The molecule has 4 nitrogen and oxygen atoms in total. The van der Waals surface area contributed by atoms with E-state index in [1.807, 2.05) is 18.2 Å². The van der Waals surface area contributed by atoms with Gasteiger partial charge in [-0.3, -0.25) is 0 Å². The summed E-state index contributed by atoms with van der Waals surface area (Å²) in [7, 11) is 1.38. The fourth-order valence-corrected chi connectivity index (χ4v) is 3.56. The number of hydrogen-bond donors (Lipinski definition) is 1. The third-order valence-electron chi connectivity index (χ3n) is 4.90. The lowest BCUT2D eigenvalue weighted by molar-refractivity contribution is 0.0601. The van der Waals surface area contributed by atoms with E-state index < -0.39 is 0 Å². The second kappa shape index (κ2) is 5.95. The Morgan fingerprint density at radius 1 is 0.889 bits per heavy atom. The van der Waals surface area contributed by atoms with Gasteiger partial charge in [-0.25, -0.2) is 9.78 Å². The Morgan fingerprint density at radius 2 is 1.67 bits per heavy atom. The predicted octanol–water partition coefficient (Wildman–Crippen LogP) is 5.32. The van der Waals surface area contributed by atoms with Crippen LogP contribution in [-0.4, -0.2) is 23.0 Å². The van der Waals surface area contributed by atoms with Gasteiger partial charge in [0.15, 0.2) is 0 Å². The van der Waals surface area contributed by atoms with E-state index in [0.717, 1.165) is 27.8 Å². The highest BCUT2D eigenvalue weighted by Crippen LogP contribution is 2.31. The smallest absolute Gasteiger partial charge is 0.337 e. The van der Waals surface area contributed by atoms with Crippen LogP contribution in [0, 0.1) is 0 Å². The van der Waals surface area contributed by atoms with Crippen molar-refractivity contribution in [2.45, 2.75) is 0 Å². The number of ether oxygens (including phenoxy) is 1. The first-order valence-electron chi connectivity index (χ1n) is 8.73. The highest BCUT2D eigenvalue weighted by molar-refractivity contribution is 6.05. The van der Waals surface area contributed by atoms with Crippen molar-refractivity contribution in [2.75, 3.05) is 7.11 Å². The van der Waals surface area contributed by atoms with Crippen molar-refractivity contribution in [1.82, 2.24) is 9.97 Å². The number of H-pyrrole nitrogens is 1. The van der Waals surface area contributed by atoms with Gasteiger partial charge in [-0.15, -0.1) is 0 Å². The minimum absolute atomic E-state index is 0.357. The lowest BCUT2D eigenvalue weighted by atomic mass is 9.99. The number of aromatic nitrogens is 2. The molecule has 0 fully saturated rings. The summed E-state index contributed by atoms with van der Waals surface area (Å²) in [5.74, 6) is 0.428. The van der Waals surface area contributed by atoms with Crippen LogP contribution in [0.1, 0.15) is 10.4 Å². The molecule has 130 valence electrons. The summed E-state index contributed by atoms with van der Waals surface area (Å²) in [6.07, 6.45) is 0. The van der Waals surface area contributed by atoms with E-state index >= 15 is 0 Å². The Balaban J connectivity index is 1.72. The van der Waals surface area contributed by atoms with E-state index in [2.05, 4.69) is 47.4 Å². The van der Waals surface area contributed by atoms with Gasteiger partial charge >= 0.3 is 5.97 Å². The quantitative estimate of drug-likeness (QED) is 0.345. The standard InChI is InChI=1S/C23H16N2O2/c1-27-23(26)17-9-10-20-21(13-17)25-22(24-20)18-8-4-7-16-11-14-5-2-3-6-15(14)12-19(16)18/h2-13H,1H3,(H,24,25). The molecule has 0 spiro atoms. The van der Waals surface area contributed by atoms with Crippen LogP contribution in [0.25, 0.3) is 44.0 Å². The molecule has 0 bridgehead atoms. The Hall–Kier alpha value is -3.66. The van der Waals surface area contributed by atoms with Crippen molar-refractivity contribution < 1.29 is 9.53 Å². The SMILES string of the molecule is COC(=O)c1ccc2nc(-c3cccc4cc5ccccc5cc34)[nH]c2c1. The molecule has 0 saturated heterocycles. The molecule has 0 saturated carbocycles. The average Bonchev–Trinajstić information content (AvgIpc) is 3.14. The summed E-state index contributed by atoms with van der Waals surface area (Å²) in [4.78, 5) is 19.9. The summed E-state index contributed by atoms with van der Waals surface area (Å²) >= 11 is 0. The zero-order valence-electron chi connectivity index (χ0n) is 14.7. The lowest BCUT2D eigenvalue weighted by Gasteiger charge is -2.06. The molecular weight excluding hydrogens is 336 g/mol. The molecule has 0 unspecified atom stereocenters. The summed E-state index contributed by atoms with van der Waals surface area (Å²) in [6, 6.07) is 24.3. The fourth-order valence-electron chi connectivity index (χ4n) is 3.56. The molecule has 5 rings (SSSR count). The van der Waals surface area contributed by atoms with Crippen LogP contribution >= 0.6 is 0 Å². The Morgan fingerprint density at radius 3 is 2.48 bits per heavy atom. The molecule has 0 radical (unpaired) electrons. The second-order valence-electron chi connectivity index (χ2n) is 6.53. The number of fused-ring (bicyclic) bond motifs is 3. The van der Waals surface area contributed by atoms with Crippen molar-refractivity contribution in [1.29, 1.82) is 0 Å². The number of esters is 1. The zero-order chi connectivity index (χ0) is 18.4. The highest BCUT2D eigenvalue weighted by Gasteiger charge is 2.12. The van der Waals surface area contributed by atoms with Crippen LogP contribution in [0.5, 0.6) is 0 Å². The number of carbonyl (C=O) groups excluding carboxylic acids is 1. The fraction of sp³-hybridized carbons (Fsp3) is 0.0435. The Bertz CT molecular complexity index is 1330. The van der Waals surface area contributed by atoms with Crippen LogP contribution in [0.3, 0.4) is 0 Å². The first-order chi connectivity index (χ1) is 13.2. The van der Waals surface area contributed by atoms with Crippen LogP contribution in [0.2, 0.25) is 0 Å². The van der Waals surface area contributed by atoms with Gasteiger partial charge in [-0.05, 0) is 51.9 Å². The normalized spacial score (nSPS) is 11.3. The largest absolute Gasteiger partial charge is 0.465 e. The van der Waals surface area contributed by atoms with Crippen LogP contribution in [0.4, 0.5) is 0 Å². The maximum Gasteiger partial charge on any atom is 0.337 e. The molecular formula is C23H16N2O2. The van der Waals surface area contributed by atoms with Gasteiger partial charge in [-0.1, -0.05) is 42.5 Å². The molecule has 0 aliphatic carbocycles. The van der Waals surface area contributed by atoms with Gasteiger partial charge in [0.25, 0.3) is 0 Å². The van der Waals surface area contributed by atoms with Crippen LogP contribution in [-0.2, 0) is 4.74 Å². The molecule has 0 amide bonds. The number of nitrogens with zero attached hydrogens (tertiary/aromatic N) is 1. The minimum atomic E-state index is -0.357. The lowest BCUT2D eigenvalue weighted by Crippen LogP contribution is -2.00. The van der Waals surface area contributed by atoms with Gasteiger partial charge in [0.1, 0.15) is 5.82 Å². The van der Waals surface area contributed by atoms with Gasteiger partial charge in [-0.2, -0.15) is 0 Å². The van der Waals surface area contributed by atoms with E-state index in [1.165, 1.54) is 23.3 Å². The molecule has 27 heavy (non-hydrogen) atoms. The van der Waals surface area contributed by atoms with Gasteiger partial charge in [0, 0.05) is 5.56 Å². The highest BCUT2D eigenvalue weighted by atomic mass is 16.5. The maximum atomic E-state index is 11.8. The second-order valence-corrected chi connectivity index (χ2v) is 6.53. The van der Waals surface area contributed by atoms with E-state index in [0.29, 0.717) is 5.56 Å². The molecule has 5 aromatic rings. The number of imidazole rings is 1. The molecule has 4 heteroatoms. The summed E-state index contributed by atoms with van der Waals surface area (Å²) in [5, 5.41) is 4.72. The third-order valence-corrected chi connectivity index (χ3v) is 4.90. The Kier molecular flexibility index (Phi) is 3.44. The number of benzene rings is 4. The third kappa shape index (κ3) is 2.54. The number of hydrogen-bond acceptors (Lipinski definition) is 3. The van der Waals surface area contributed by atoms with E-state index in [4.69, 9.17) is 9.72 Å². The zero-order valence-corrected chi connectivity index (χ0v) is 14.7. The number of methoxy groups -OCH3 is 1. The molecule has 4 aromatic carbocycles. The van der Waals surface area contributed by atoms with E-state index in [1.54, 1.807) is 12.1 Å². The van der Waals surface area contributed by atoms with Crippen molar-refractivity contribution in [3.05, 3.63) is 78.4 Å².